The predicted molar refractivity (Wildman–Crippen MR) is 57.3 cm³/mol. The van der Waals surface area contributed by atoms with Crippen LogP contribution in [0.2, 0.25) is 0 Å². The van der Waals surface area contributed by atoms with Gasteiger partial charge in [-0.15, -0.1) is 0 Å². The lowest BCUT2D eigenvalue weighted by atomic mass is 10.4. The van der Waals surface area contributed by atoms with E-state index in [4.69, 9.17) is 34.8 Å². The molecule has 1 atom stereocenters. The maximum Gasteiger partial charge on any atom is 0.362 e. The molecule has 7 heteroatoms. The molecule has 78 valence electrons. The van der Waals surface area contributed by atoms with Crippen molar-refractivity contribution < 1.29 is 14.0 Å². The van der Waals surface area contributed by atoms with Crippen molar-refractivity contribution in [1.82, 2.24) is 0 Å². The summed E-state index contributed by atoms with van der Waals surface area (Å²) in [5.41, 5.74) is 0. The Kier molecular flexibility index (Phi) is 3.87. The largest absolute Gasteiger partial charge is 0.362 e. The van der Waals surface area contributed by atoms with E-state index in [0.29, 0.717) is 0 Å². The van der Waals surface area contributed by atoms with E-state index in [1.54, 1.807) is 18.2 Å². The summed E-state index contributed by atoms with van der Waals surface area (Å²) in [5, 5.41) is 0.0753. The van der Waals surface area contributed by atoms with E-state index >= 15 is 0 Å². The van der Waals surface area contributed by atoms with Crippen molar-refractivity contribution in [1.29, 1.82) is 0 Å². The van der Waals surface area contributed by atoms with E-state index in [0.717, 1.165) is 0 Å². The molecular weight excluding hydrogens is 269 g/mol. The second-order valence-corrected chi connectivity index (χ2v) is 6.31. The molecule has 1 N–H and O–H groups in total. The van der Waals surface area contributed by atoms with Gasteiger partial charge in [-0.1, -0.05) is 53.0 Å². The van der Waals surface area contributed by atoms with Crippen LogP contribution in [0.25, 0.3) is 0 Å². The van der Waals surface area contributed by atoms with Crippen molar-refractivity contribution in [3.63, 3.8) is 0 Å². The molecule has 0 aliphatic carbocycles. The number of hydrogen-bond acceptors (Lipinski definition) is 2. The second-order valence-electron chi connectivity index (χ2n) is 2.39. The predicted octanol–water partition coefficient (Wildman–Crippen LogP) is 2.84. The summed E-state index contributed by atoms with van der Waals surface area (Å²) >= 11 is 15.7. The minimum Gasteiger partial charge on any atom is -0.321 e. The van der Waals surface area contributed by atoms with Gasteiger partial charge in [0.25, 0.3) is 0 Å². The third-order valence-electron chi connectivity index (χ3n) is 1.31. The van der Waals surface area contributed by atoms with E-state index in [-0.39, 0.29) is 5.30 Å². The Morgan fingerprint density at radius 1 is 1.21 bits per heavy atom. The summed E-state index contributed by atoms with van der Waals surface area (Å²) in [6.45, 7) is 0. The molecular formula is C7H6Cl3O3P. The van der Waals surface area contributed by atoms with Gasteiger partial charge in [0.1, 0.15) is 0 Å². The highest BCUT2D eigenvalue weighted by Gasteiger charge is 2.34. The van der Waals surface area contributed by atoms with Crippen LogP contribution in [0.5, 0.6) is 0 Å². The molecule has 0 fully saturated rings. The van der Waals surface area contributed by atoms with Gasteiger partial charge < -0.3 is 4.89 Å². The molecule has 14 heavy (non-hydrogen) atoms. The molecule has 1 aromatic carbocycles. The highest BCUT2D eigenvalue weighted by Crippen LogP contribution is 2.49. The zero-order chi connectivity index (χ0) is 10.8. The minimum atomic E-state index is -4.06. The van der Waals surface area contributed by atoms with Crippen LogP contribution in [0.1, 0.15) is 0 Å². The quantitative estimate of drug-likeness (QED) is 0.667. The summed E-state index contributed by atoms with van der Waals surface area (Å²) in [6.07, 6.45) is 0. The third-order valence-corrected chi connectivity index (χ3v) is 3.34. The molecule has 1 aromatic rings. The summed E-state index contributed by atoms with van der Waals surface area (Å²) in [5.74, 6) is 0. The van der Waals surface area contributed by atoms with Crippen molar-refractivity contribution in [2.24, 2.45) is 0 Å². The van der Waals surface area contributed by atoms with E-state index in [2.05, 4.69) is 4.52 Å². The van der Waals surface area contributed by atoms with Crippen LogP contribution in [-0.4, -0.2) is 8.87 Å². The van der Waals surface area contributed by atoms with Crippen LogP contribution in [0.4, 0.5) is 0 Å². The first-order chi connectivity index (χ1) is 6.31. The molecule has 0 spiro atoms. The maximum atomic E-state index is 11.5. The lowest BCUT2D eigenvalue weighted by molar-refractivity contribution is 0.269. The number of hydrogen-bond donors (Lipinski definition) is 1. The number of alkyl halides is 3. The molecule has 0 radical (unpaired) electrons. The van der Waals surface area contributed by atoms with Crippen LogP contribution in [-0.2, 0) is 9.09 Å². The van der Waals surface area contributed by atoms with E-state index in [1.807, 2.05) is 0 Å². The molecule has 0 saturated carbocycles. The standard InChI is InChI=1S/C7H6Cl3O3P/c8-7(9,10)13-14(11,12)6-4-2-1-3-5-6/h1-5H,(H,11,12). The van der Waals surface area contributed by atoms with Crippen LogP contribution in [0.15, 0.2) is 30.3 Å². The van der Waals surface area contributed by atoms with Crippen LogP contribution >= 0.6 is 42.4 Å². The highest BCUT2D eigenvalue weighted by molar-refractivity contribution is 7.61. The van der Waals surface area contributed by atoms with Crippen LogP contribution < -0.4 is 5.30 Å². The Hall–Kier alpha value is 0.240. The summed E-state index contributed by atoms with van der Waals surface area (Å²) in [7, 11) is -4.06. The number of halogens is 3. The zero-order valence-electron chi connectivity index (χ0n) is 6.73. The molecule has 0 aliphatic rings. The second kappa shape index (κ2) is 4.40. The molecule has 0 bridgehead atoms. The van der Waals surface area contributed by atoms with Gasteiger partial charge in [-0.25, -0.2) is 0 Å². The first kappa shape index (κ1) is 12.3. The van der Waals surface area contributed by atoms with Gasteiger partial charge in [-0.05, 0) is 12.1 Å². The minimum absolute atomic E-state index is 0.0753. The lowest BCUT2D eigenvalue weighted by Crippen LogP contribution is -2.13. The number of benzene rings is 1. The Balaban J connectivity index is 2.93. The lowest BCUT2D eigenvalue weighted by Gasteiger charge is -2.17. The van der Waals surface area contributed by atoms with Gasteiger partial charge in [0.15, 0.2) is 0 Å². The zero-order valence-corrected chi connectivity index (χ0v) is 9.89. The molecule has 3 nitrogen and oxygen atoms in total. The van der Waals surface area contributed by atoms with Gasteiger partial charge in [0, 0.05) is 0 Å². The van der Waals surface area contributed by atoms with Gasteiger partial charge in [-0.2, -0.15) is 0 Å². The summed E-state index contributed by atoms with van der Waals surface area (Å²) < 4.78 is 13.7. The van der Waals surface area contributed by atoms with Gasteiger partial charge >= 0.3 is 11.6 Å². The van der Waals surface area contributed by atoms with E-state index in [9.17, 15) is 9.46 Å². The van der Waals surface area contributed by atoms with Gasteiger partial charge in [-0.3, -0.25) is 9.09 Å². The van der Waals surface area contributed by atoms with Crippen molar-refractivity contribution in [3.05, 3.63) is 30.3 Å². The van der Waals surface area contributed by atoms with E-state index < -0.39 is 11.6 Å². The molecule has 0 aromatic heterocycles. The van der Waals surface area contributed by atoms with Gasteiger partial charge in [0.05, 0.1) is 5.30 Å². The van der Waals surface area contributed by atoms with Crippen molar-refractivity contribution in [3.8, 4) is 0 Å². The first-order valence-corrected chi connectivity index (χ1v) is 6.18. The Bertz CT molecular complexity index is 349. The molecule has 1 unspecified atom stereocenters. The molecule has 0 heterocycles. The average molecular weight is 275 g/mol. The molecule has 1 rings (SSSR count). The highest BCUT2D eigenvalue weighted by atomic mass is 35.6. The van der Waals surface area contributed by atoms with Crippen LogP contribution in [0, 0.1) is 0 Å². The van der Waals surface area contributed by atoms with Gasteiger partial charge in [0.2, 0.25) is 0 Å². The number of rotatable bonds is 2. The SMILES string of the molecule is O=P(O)(OC(Cl)(Cl)Cl)c1ccccc1. The monoisotopic (exact) mass is 274 g/mol. The Morgan fingerprint density at radius 3 is 2.14 bits per heavy atom. The van der Waals surface area contributed by atoms with E-state index in [1.165, 1.54) is 12.1 Å². The summed E-state index contributed by atoms with van der Waals surface area (Å²) in [4.78, 5) is 9.40. The fourth-order valence-electron chi connectivity index (χ4n) is 0.809. The van der Waals surface area contributed by atoms with Crippen LogP contribution in [0.3, 0.4) is 0 Å². The fourth-order valence-corrected chi connectivity index (χ4v) is 2.59. The Morgan fingerprint density at radius 2 is 1.71 bits per heavy atom. The first-order valence-electron chi connectivity index (χ1n) is 3.47. The third kappa shape index (κ3) is 3.77. The topological polar surface area (TPSA) is 46.5 Å². The van der Waals surface area contributed by atoms with Crippen molar-refractivity contribution >= 4 is 47.7 Å². The Labute approximate surface area is 96.1 Å². The summed E-state index contributed by atoms with van der Waals surface area (Å²) in [6, 6.07) is 7.69. The van der Waals surface area contributed by atoms with Crippen molar-refractivity contribution in [2.45, 2.75) is 3.98 Å². The average Bonchev–Trinajstić information content (AvgIpc) is 2.01. The maximum absolute atomic E-state index is 11.5. The molecule has 0 amide bonds. The normalized spacial score (nSPS) is 16.3. The molecule has 0 saturated heterocycles. The van der Waals surface area contributed by atoms with Crippen molar-refractivity contribution in [2.75, 3.05) is 0 Å². The fraction of sp³-hybridized carbons (Fsp3) is 0.143. The smallest absolute Gasteiger partial charge is 0.321 e. The molecule has 0 aliphatic heterocycles.